The minimum atomic E-state index is -0.409. The van der Waals surface area contributed by atoms with Gasteiger partial charge in [0.2, 0.25) is 0 Å². The topological polar surface area (TPSA) is 60.2 Å². The third-order valence-electron chi connectivity index (χ3n) is 5.60. The molecule has 0 heterocycles. The van der Waals surface area contributed by atoms with Crippen molar-refractivity contribution in [3.8, 4) is 0 Å². The number of ketones is 1. The molecule has 0 aliphatic heterocycles. The van der Waals surface area contributed by atoms with E-state index in [9.17, 15) is 14.9 Å². The molecule has 112 valence electrons. The molecule has 4 nitrogen and oxygen atoms in total. The molecular formula is C18H17NO3. The van der Waals surface area contributed by atoms with Gasteiger partial charge in [0.15, 0.2) is 5.78 Å². The molecule has 5 atom stereocenters. The number of rotatable bonds is 2. The molecule has 0 spiro atoms. The summed E-state index contributed by atoms with van der Waals surface area (Å²) in [6.07, 6.45) is 7.56. The molecule has 2 bridgehead atoms. The van der Waals surface area contributed by atoms with Crippen LogP contribution in [0.2, 0.25) is 0 Å². The number of nitro groups is 1. The Morgan fingerprint density at radius 3 is 2.50 bits per heavy atom. The maximum atomic E-state index is 12.8. The average molecular weight is 295 g/mol. The van der Waals surface area contributed by atoms with Crippen molar-refractivity contribution >= 4 is 17.5 Å². The summed E-state index contributed by atoms with van der Waals surface area (Å²) in [6, 6.07) is 6.41. The van der Waals surface area contributed by atoms with E-state index in [0.717, 1.165) is 17.6 Å². The smallest absolute Gasteiger partial charge is 0.269 e. The average Bonchev–Trinajstić information content (AvgIpc) is 3.17. The van der Waals surface area contributed by atoms with Crippen LogP contribution in [0.3, 0.4) is 0 Å². The van der Waals surface area contributed by atoms with Crippen molar-refractivity contribution in [3.05, 3.63) is 57.7 Å². The van der Waals surface area contributed by atoms with Gasteiger partial charge < -0.3 is 0 Å². The highest BCUT2D eigenvalue weighted by Crippen LogP contribution is 2.57. The third kappa shape index (κ3) is 1.79. The van der Waals surface area contributed by atoms with E-state index >= 15 is 0 Å². The summed E-state index contributed by atoms with van der Waals surface area (Å²) >= 11 is 0. The van der Waals surface area contributed by atoms with Gasteiger partial charge in [0.1, 0.15) is 0 Å². The molecule has 1 aromatic rings. The Kier molecular flexibility index (Phi) is 2.83. The first kappa shape index (κ1) is 13.4. The number of nitro benzene ring substituents is 1. The fraction of sp³-hybridized carbons (Fsp3) is 0.389. The number of nitrogens with zero attached hydrogens (tertiary/aromatic N) is 1. The second-order valence-corrected chi connectivity index (χ2v) is 6.65. The molecule has 0 amide bonds. The van der Waals surface area contributed by atoms with Crippen molar-refractivity contribution in [1.82, 2.24) is 0 Å². The van der Waals surface area contributed by atoms with Crippen LogP contribution in [0, 0.1) is 39.7 Å². The summed E-state index contributed by atoms with van der Waals surface area (Å²) in [5, 5.41) is 10.7. The van der Waals surface area contributed by atoms with Crippen LogP contribution in [0.1, 0.15) is 18.9 Å². The molecule has 3 aliphatic rings. The highest BCUT2D eigenvalue weighted by atomic mass is 16.6. The van der Waals surface area contributed by atoms with E-state index in [2.05, 4.69) is 19.1 Å². The van der Waals surface area contributed by atoms with Gasteiger partial charge in [-0.3, -0.25) is 14.9 Å². The normalized spacial score (nSPS) is 37.0. The maximum absolute atomic E-state index is 12.8. The van der Waals surface area contributed by atoms with Crippen molar-refractivity contribution in [2.75, 3.05) is 0 Å². The van der Waals surface area contributed by atoms with E-state index in [-0.39, 0.29) is 23.3 Å². The number of hydrogen-bond acceptors (Lipinski definition) is 3. The predicted octanol–water partition coefficient (Wildman–Crippen LogP) is 3.64. The van der Waals surface area contributed by atoms with E-state index in [1.54, 1.807) is 12.1 Å². The first-order chi connectivity index (χ1) is 10.6. The first-order valence-corrected chi connectivity index (χ1v) is 7.75. The Labute approximate surface area is 128 Å². The zero-order chi connectivity index (χ0) is 15.4. The lowest BCUT2D eigenvalue weighted by Gasteiger charge is -2.21. The molecule has 5 unspecified atom stereocenters. The molecule has 0 saturated heterocycles. The van der Waals surface area contributed by atoms with Gasteiger partial charge in [0.25, 0.3) is 5.69 Å². The Balaban J connectivity index is 1.66. The number of non-ortho nitro benzene ring substituents is 1. The molecule has 4 rings (SSSR count). The van der Waals surface area contributed by atoms with E-state index < -0.39 is 4.92 Å². The fourth-order valence-corrected chi connectivity index (χ4v) is 4.61. The Morgan fingerprint density at radius 1 is 1.18 bits per heavy atom. The summed E-state index contributed by atoms with van der Waals surface area (Å²) in [4.78, 5) is 23.0. The molecule has 0 radical (unpaired) electrons. The van der Waals surface area contributed by atoms with Crippen molar-refractivity contribution < 1.29 is 9.72 Å². The quantitative estimate of drug-likeness (QED) is 0.362. The van der Waals surface area contributed by atoms with Gasteiger partial charge in [-0.25, -0.2) is 0 Å². The minimum absolute atomic E-state index is 0.0760. The number of allylic oxidation sites excluding steroid dienone is 3. The van der Waals surface area contributed by atoms with Gasteiger partial charge in [-0.15, -0.1) is 0 Å². The van der Waals surface area contributed by atoms with Gasteiger partial charge in [-0.05, 0) is 59.4 Å². The third-order valence-corrected chi connectivity index (χ3v) is 5.60. The molecule has 2 saturated carbocycles. The molecule has 3 aliphatic carbocycles. The number of benzene rings is 1. The summed E-state index contributed by atoms with van der Waals surface area (Å²) in [6.45, 7) is 2.15. The van der Waals surface area contributed by atoms with Crippen LogP contribution in [0.15, 0.2) is 42.0 Å². The molecular weight excluding hydrogens is 278 g/mol. The van der Waals surface area contributed by atoms with Crippen LogP contribution < -0.4 is 0 Å². The second kappa shape index (κ2) is 4.63. The van der Waals surface area contributed by atoms with Crippen LogP contribution in [0.5, 0.6) is 0 Å². The maximum Gasteiger partial charge on any atom is 0.269 e. The van der Waals surface area contributed by atoms with Crippen LogP contribution in [-0.2, 0) is 4.79 Å². The predicted molar refractivity (Wildman–Crippen MR) is 83.0 cm³/mol. The summed E-state index contributed by atoms with van der Waals surface area (Å²) < 4.78 is 0. The highest BCUT2D eigenvalue weighted by molar-refractivity contribution is 6.04. The summed E-state index contributed by atoms with van der Waals surface area (Å²) in [5.41, 5.74) is 1.83. The van der Waals surface area contributed by atoms with Gasteiger partial charge in [0, 0.05) is 18.1 Å². The molecule has 1 aromatic carbocycles. The van der Waals surface area contributed by atoms with Crippen molar-refractivity contribution in [2.24, 2.45) is 29.6 Å². The van der Waals surface area contributed by atoms with E-state index in [1.165, 1.54) is 12.1 Å². The molecule has 0 aromatic heterocycles. The monoisotopic (exact) mass is 295 g/mol. The van der Waals surface area contributed by atoms with E-state index in [0.29, 0.717) is 17.8 Å². The lowest BCUT2D eigenvalue weighted by molar-refractivity contribution is -0.384. The van der Waals surface area contributed by atoms with Crippen LogP contribution in [0.25, 0.3) is 6.08 Å². The molecule has 22 heavy (non-hydrogen) atoms. The van der Waals surface area contributed by atoms with Gasteiger partial charge in [0.05, 0.1) is 4.92 Å². The fourth-order valence-electron chi connectivity index (χ4n) is 4.61. The van der Waals surface area contributed by atoms with Crippen LogP contribution in [0.4, 0.5) is 5.69 Å². The number of carbonyl (C=O) groups excluding carboxylic acids is 1. The zero-order valence-corrected chi connectivity index (χ0v) is 12.3. The van der Waals surface area contributed by atoms with Gasteiger partial charge in [-0.2, -0.15) is 0 Å². The van der Waals surface area contributed by atoms with E-state index in [4.69, 9.17) is 0 Å². The molecule has 0 N–H and O–H groups in total. The Bertz CT molecular complexity index is 716. The second-order valence-electron chi connectivity index (χ2n) is 6.65. The molecule has 2 fully saturated rings. The first-order valence-electron chi connectivity index (χ1n) is 7.75. The van der Waals surface area contributed by atoms with Gasteiger partial charge >= 0.3 is 0 Å². The Morgan fingerprint density at radius 2 is 1.86 bits per heavy atom. The number of fused-ring (bicyclic) bond motifs is 5. The number of hydrogen-bond donors (Lipinski definition) is 0. The SMILES string of the molecule is CC1/C(=C\c2ccc([N+](=O)[O-])cc2)C(=O)C2C3C=CC(C3)C12. The minimum Gasteiger partial charge on any atom is -0.294 e. The standard InChI is InChI=1S/C18H17NO3/c1-10-15(8-11-2-6-14(7-3-11)19(21)22)18(20)17-13-5-4-12(9-13)16(10)17/h2-8,10,12-13,16-17H,9H2,1H3/b15-8+. The van der Waals surface area contributed by atoms with Gasteiger partial charge in [-0.1, -0.05) is 19.1 Å². The lowest BCUT2D eigenvalue weighted by Crippen LogP contribution is -2.20. The largest absolute Gasteiger partial charge is 0.294 e. The van der Waals surface area contributed by atoms with E-state index in [1.807, 2.05) is 6.08 Å². The highest BCUT2D eigenvalue weighted by Gasteiger charge is 2.56. The number of carbonyl (C=O) groups is 1. The number of Topliss-reactive ketones (excluding diaryl/α,β-unsaturated/α-hetero) is 1. The Hall–Kier alpha value is -2.23. The van der Waals surface area contributed by atoms with Crippen molar-refractivity contribution in [1.29, 1.82) is 0 Å². The van der Waals surface area contributed by atoms with Crippen LogP contribution in [-0.4, -0.2) is 10.7 Å². The lowest BCUT2D eigenvalue weighted by atomic mass is 9.81. The zero-order valence-electron chi connectivity index (χ0n) is 12.3. The molecule has 4 heteroatoms. The summed E-state index contributed by atoms with van der Waals surface area (Å²) in [5.74, 6) is 2.14. The van der Waals surface area contributed by atoms with Crippen molar-refractivity contribution in [3.63, 3.8) is 0 Å². The van der Waals surface area contributed by atoms with Crippen LogP contribution >= 0.6 is 0 Å². The van der Waals surface area contributed by atoms with Crippen molar-refractivity contribution in [2.45, 2.75) is 13.3 Å². The summed E-state index contributed by atoms with van der Waals surface area (Å²) in [7, 11) is 0.